The smallest absolute Gasteiger partial charge is 0.338 e. The number of anilines is 1. The molecule has 1 aromatic heterocycles. The van der Waals surface area contributed by atoms with Crippen molar-refractivity contribution in [1.29, 1.82) is 0 Å². The van der Waals surface area contributed by atoms with E-state index in [1.807, 2.05) is 0 Å². The zero-order chi connectivity index (χ0) is 13.7. The predicted molar refractivity (Wildman–Crippen MR) is 62.9 cm³/mol. The fourth-order valence-electron chi connectivity index (χ4n) is 1.31. The van der Waals surface area contributed by atoms with E-state index < -0.39 is 23.4 Å². The number of pyridine rings is 1. The topological polar surface area (TPSA) is 91.3 Å². The van der Waals surface area contributed by atoms with Crippen molar-refractivity contribution >= 4 is 17.7 Å². The third-order valence-corrected chi connectivity index (χ3v) is 2.22. The van der Waals surface area contributed by atoms with E-state index in [4.69, 9.17) is 5.11 Å². The molecule has 1 atom stereocenters. The molecule has 0 aliphatic carbocycles. The minimum Gasteiger partial charge on any atom is -0.478 e. The monoisotopic (exact) mass is 255 g/mol. The Kier molecular flexibility index (Phi) is 4.59. The molecule has 0 bridgehead atoms. The summed E-state index contributed by atoms with van der Waals surface area (Å²) in [5.41, 5.74) is -0.490. The Balaban J connectivity index is 2.88. The van der Waals surface area contributed by atoms with Crippen molar-refractivity contribution in [1.82, 2.24) is 10.3 Å². The van der Waals surface area contributed by atoms with E-state index in [1.54, 1.807) is 6.92 Å². The summed E-state index contributed by atoms with van der Waals surface area (Å²) in [5, 5.41) is 13.8. The van der Waals surface area contributed by atoms with Crippen LogP contribution < -0.4 is 10.6 Å². The highest BCUT2D eigenvalue weighted by atomic mass is 19.1. The van der Waals surface area contributed by atoms with Gasteiger partial charge >= 0.3 is 5.97 Å². The molecule has 0 fully saturated rings. The van der Waals surface area contributed by atoms with Gasteiger partial charge in [-0.1, -0.05) is 0 Å². The summed E-state index contributed by atoms with van der Waals surface area (Å²) < 4.78 is 13.7. The molecule has 0 saturated heterocycles. The van der Waals surface area contributed by atoms with Gasteiger partial charge in [-0.2, -0.15) is 0 Å². The quantitative estimate of drug-likeness (QED) is 0.725. The van der Waals surface area contributed by atoms with Crippen LogP contribution in [0.1, 0.15) is 24.2 Å². The van der Waals surface area contributed by atoms with Gasteiger partial charge in [0, 0.05) is 12.7 Å². The molecule has 0 saturated carbocycles. The lowest BCUT2D eigenvalue weighted by Crippen LogP contribution is -2.37. The molecule has 0 spiro atoms. The number of halogens is 1. The molecule has 0 aromatic carbocycles. The molecule has 1 rings (SSSR count). The predicted octanol–water partition coefficient (Wildman–Crippen LogP) is 0.855. The van der Waals surface area contributed by atoms with E-state index in [0.717, 1.165) is 6.07 Å². The Morgan fingerprint density at radius 1 is 1.56 bits per heavy atom. The van der Waals surface area contributed by atoms with Crippen molar-refractivity contribution in [2.24, 2.45) is 0 Å². The van der Waals surface area contributed by atoms with Crippen molar-refractivity contribution in [3.63, 3.8) is 0 Å². The summed E-state index contributed by atoms with van der Waals surface area (Å²) in [7, 11) is 0. The molecule has 6 nitrogen and oxygen atoms in total. The minimum absolute atomic E-state index is 0.256. The van der Waals surface area contributed by atoms with Crippen LogP contribution in [0.3, 0.4) is 0 Å². The Labute approximate surface area is 103 Å². The second-order valence-corrected chi connectivity index (χ2v) is 3.59. The van der Waals surface area contributed by atoms with Crippen LogP contribution in [0.4, 0.5) is 10.2 Å². The van der Waals surface area contributed by atoms with Crippen LogP contribution in [-0.4, -0.2) is 34.6 Å². The number of rotatable bonds is 5. The summed E-state index contributed by atoms with van der Waals surface area (Å²) in [6.45, 7) is 3.74. The first-order chi connectivity index (χ1) is 8.47. The van der Waals surface area contributed by atoms with E-state index in [9.17, 15) is 14.0 Å². The molecule has 98 valence electrons. The molecule has 18 heavy (non-hydrogen) atoms. The Bertz CT molecular complexity index is 465. The number of amides is 1. The van der Waals surface area contributed by atoms with Gasteiger partial charge in [0.25, 0.3) is 0 Å². The number of carbonyl (C=O) groups excluding carboxylic acids is 1. The third kappa shape index (κ3) is 3.16. The number of carboxylic acid groups (broad SMARTS) is 1. The molecule has 1 amide bonds. The van der Waals surface area contributed by atoms with Crippen LogP contribution in [0.25, 0.3) is 0 Å². The van der Waals surface area contributed by atoms with Crippen molar-refractivity contribution < 1.29 is 19.1 Å². The van der Waals surface area contributed by atoms with Crippen molar-refractivity contribution in [3.8, 4) is 0 Å². The van der Waals surface area contributed by atoms with E-state index in [0.29, 0.717) is 6.54 Å². The largest absolute Gasteiger partial charge is 0.478 e. The standard InChI is InChI=1S/C11H14FN3O3/c1-3-13-10(16)6(2)15-9-8(12)7(11(17)18)4-5-14-9/h4-6H,3H2,1-2H3,(H,13,16)(H,14,15)(H,17,18). The molecule has 3 N–H and O–H groups in total. The highest BCUT2D eigenvalue weighted by molar-refractivity contribution is 5.89. The molecule has 7 heteroatoms. The van der Waals surface area contributed by atoms with Crippen LogP contribution in [0.5, 0.6) is 0 Å². The van der Waals surface area contributed by atoms with Gasteiger partial charge in [-0.05, 0) is 19.9 Å². The molecule has 1 aromatic rings. The zero-order valence-corrected chi connectivity index (χ0v) is 10.0. The van der Waals surface area contributed by atoms with Crippen LogP contribution in [0, 0.1) is 5.82 Å². The van der Waals surface area contributed by atoms with Crippen LogP contribution in [-0.2, 0) is 4.79 Å². The molecular weight excluding hydrogens is 241 g/mol. The number of hydrogen-bond acceptors (Lipinski definition) is 4. The van der Waals surface area contributed by atoms with Gasteiger partial charge in [-0.25, -0.2) is 14.2 Å². The number of nitrogens with one attached hydrogen (secondary N) is 2. The Morgan fingerprint density at radius 3 is 2.78 bits per heavy atom. The second kappa shape index (κ2) is 5.95. The fraction of sp³-hybridized carbons (Fsp3) is 0.364. The number of aromatic nitrogens is 1. The van der Waals surface area contributed by atoms with Crippen molar-refractivity contribution in [2.75, 3.05) is 11.9 Å². The molecule has 0 radical (unpaired) electrons. The number of hydrogen-bond donors (Lipinski definition) is 3. The number of carboxylic acids is 1. The lowest BCUT2D eigenvalue weighted by Gasteiger charge is -2.14. The average Bonchev–Trinajstić information content (AvgIpc) is 2.31. The lowest BCUT2D eigenvalue weighted by atomic mass is 10.2. The first-order valence-electron chi connectivity index (χ1n) is 5.39. The normalized spacial score (nSPS) is 11.7. The molecule has 1 unspecified atom stereocenters. The highest BCUT2D eigenvalue weighted by Gasteiger charge is 2.18. The minimum atomic E-state index is -1.39. The maximum atomic E-state index is 13.7. The van der Waals surface area contributed by atoms with Gasteiger partial charge in [0.2, 0.25) is 5.91 Å². The summed E-state index contributed by atoms with van der Waals surface area (Å²) in [5.74, 6) is -2.95. The highest BCUT2D eigenvalue weighted by Crippen LogP contribution is 2.15. The van der Waals surface area contributed by atoms with Gasteiger partial charge in [-0.15, -0.1) is 0 Å². The maximum absolute atomic E-state index is 13.7. The molecule has 0 aliphatic rings. The summed E-state index contributed by atoms with van der Waals surface area (Å²) >= 11 is 0. The van der Waals surface area contributed by atoms with E-state index in [1.165, 1.54) is 13.1 Å². The SMILES string of the molecule is CCNC(=O)C(C)Nc1nccc(C(=O)O)c1F. The molecule has 0 aliphatic heterocycles. The van der Waals surface area contributed by atoms with Gasteiger partial charge < -0.3 is 15.7 Å². The van der Waals surface area contributed by atoms with Crippen molar-refractivity contribution in [2.45, 2.75) is 19.9 Å². The van der Waals surface area contributed by atoms with E-state index in [-0.39, 0.29) is 11.7 Å². The van der Waals surface area contributed by atoms with Gasteiger partial charge in [0.05, 0.1) is 0 Å². The number of likely N-dealkylation sites (N-methyl/N-ethyl adjacent to an activating group) is 1. The summed E-state index contributed by atoms with van der Waals surface area (Å²) in [4.78, 5) is 25.8. The number of carbonyl (C=O) groups is 2. The Hall–Kier alpha value is -2.18. The fourth-order valence-corrected chi connectivity index (χ4v) is 1.31. The van der Waals surface area contributed by atoms with Crippen LogP contribution >= 0.6 is 0 Å². The summed E-state index contributed by atoms with van der Waals surface area (Å²) in [6.07, 6.45) is 1.17. The van der Waals surface area contributed by atoms with E-state index >= 15 is 0 Å². The Morgan fingerprint density at radius 2 is 2.22 bits per heavy atom. The molecular formula is C11H14FN3O3. The average molecular weight is 255 g/mol. The summed E-state index contributed by atoms with van der Waals surface area (Å²) in [6, 6.07) is 0.343. The number of nitrogens with zero attached hydrogens (tertiary/aromatic N) is 1. The van der Waals surface area contributed by atoms with Gasteiger partial charge in [-0.3, -0.25) is 4.79 Å². The van der Waals surface area contributed by atoms with Gasteiger partial charge in [0.15, 0.2) is 11.6 Å². The van der Waals surface area contributed by atoms with Crippen LogP contribution in [0.2, 0.25) is 0 Å². The lowest BCUT2D eigenvalue weighted by molar-refractivity contribution is -0.121. The first-order valence-corrected chi connectivity index (χ1v) is 5.39. The number of aromatic carboxylic acids is 1. The molecule has 1 heterocycles. The van der Waals surface area contributed by atoms with Crippen LogP contribution in [0.15, 0.2) is 12.3 Å². The maximum Gasteiger partial charge on any atom is 0.338 e. The third-order valence-electron chi connectivity index (χ3n) is 2.22. The second-order valence-electron chi connectivity index (χ2n) is 3.59. The first kappa shape index (κ1) is 13.9. The van der Waals surface area contributed by atoms with Crippen molar-refractivity contribution in [3.05, 3.63) is 23.6 Å². The van der Waals surface area contributed by atoms with Gasteiger partial charge in [0.1, 0.15) is 11.6 Å². The zero-order valence-electron chi connectivity index (χ0n) is 10.0. The van der Waals surface area contributed by atoms with E-state index in [2.05, 4.69) is 15.6 Å².